The number of ether oxygens (including phenoxy) is 1. The van der Waals surface area contributed by atoms with E-state index in [2.05, 4.69) is 12.1 Å². The third kappa shape index (κ3) is 3.17. The zero-order chi connectivity index (χ0) is 13.0. The highest BCUT2D eigenvalue weighted by Gasteiger charge is 2.01. The molecule has 2 bridgehead atoms. The minimum Gasteiger partial charge on any atom is -0.489 e. The molecule has 2 heterocycles. The second kappa shape index (κ2) is 5.45. The Kier molecular flexibility index (Phi) is 3.72. The second-order valence-electron chi connectivity index (χ2n) is 4.00. The minimum absolute atomic E-state index is 0.112. The molecule has 3 heteroatoms. The number of carbonyl (C=O) groups excluding carboxylic acids is 1. The number of ketones is 1. The Bertz CT molecular complexity index is 524. The normalized spacial score (nSPS) is 11.2. The predicted molar refractivity (Wildman–Crippen MR) is 67.2 cm³/mol. The van der Waals surface area contributed by atoms with E-state index in [1.165, 1.54) is 30.7 Å². The summed E-state index contributed by atoms with van der Waals surface area (Å²) >= 11 is 0. The molecule has 4 rings (SSSR count). The number of rotatable bonds is 1. The van der Waals surface area contributed by atoms with E-state index in [1.807, 2.05) is 12.1 Å². The van der Waals surface area contributed by atoms with Crippen LogP contribution in [0.2, 0.25) is 0 Å². The highest BCUT2D eigenvalue weighted by Crippen LogP contribution is 2.19. The summed E-state index contributed by atoms with van der Waals surface area (Å²) in [5.41, 5.74) is 1.68. The van der Waals surface area contributed by atoms with Gasteiger partial charge in [0, 0.05) is 5.56 Å². The maximum absolute atomic E-state index is 12.4. The van der Waals surface area contributed by atoms with E-state index in [4.69, 9.17) is 4.74 Å². The first kappa shape index (κ1) is 12.3. The van der Waals surface area contributed by atoms with Crippen LogP contribution in [0.3, 0.4) is 0 Å². The first-order valence-electron chi connectivity index (χ1n) is 5.63. The molecule has 2 aliphatic rings. The largest absolute Gasteiger partial charge is 0.489 e. The molecule has 0 unspecified atom stereocenters. The first-order valence-corrected chi connectivity index (χ1v) is 5.63. The molecule has 92 valence electrons. The molecule has 2 aromatic rings. The van der Waals surface area contributed by atoms with Gasteiger partial charge in [-0.15, -0.1) is 0 Å². The fourth-order valence-electron chi connectivity index (χ4n) is 1.56. The van der Waals surface area contributed by atoms with Crippen LogP contribution in [0.5, 0.6) is 5.75 Å². The van der Waals surface area contributed by atoms with Crippen LogP contribution in [0.15, 0.2) is 48.5 Å². The van der Waals surface area contributed by atoms with Crippen molar-refractivity contribution in [1.29, 1.82) is 0 Å². The van der Waals surface area contributed by atoms with Crippen LogP contribution < -0.4 is 4.74 Å². The van der Waals surface area contributed by atoms with Crippen molar-refractivity contribution >= 4 is 5.78 Å². The van der Waals surface area contributed by atoms with Gasteiger partial charge in [-0.1, -0.05) is 24.3 Å². The molecular weight excluding hydrogens is 231 g/mol. The quantitative estimate of drug-likeness (QED) is 0.716. The second-order valence-corrected chi connectivity index (χ2v) is 4.00. The smallest absolute Gasteiger partial charge is 0.159 e. The lowest BCUT2D eigenvalue weighted by Crippen LogP contribution is -2.00. The highest BCUT2D eigenvalue weighted by atomic mass is 19.1. The zero-order valence-electron chi connectivity index (χ0n) is 10.0. The Morgan fingerprint density at radius 2 is 1.89 bits per heavy atom. The fraction of sp³-hybridized carbons (Fsp3) is 0.133. The molecule has 0 aliphatic carbocycles. The molecule has 18 heavy (non-hydrogen) atoms. The van der Waals surface area contributed by atoms with Crippen molar-refractivity contribution in [3.63, 3.8) is 0 Å². The van der Waals surface area contributed by atoms with E-state index in [-0.39, 0.29) is 11.6 Å². The van der Waals surface area contributed by atoms with Gasteiger partial charge in [-0.2, -0.15) is 0 Å². The maximum Gasteiger partial charge on any atom is 0.159 e. The van der Waals surface area contributed by atoms with Gasteiger partial charge < -0.3 is 4.74 Å². The van der Waals surface area contributed by atoms with Crippen molar-refractivity contribution in [3.8, 4) is 5.75 Å². The fourth-order valence-corrected chi connectivity index (χ4v) is 1.56. The van der Waals surface area contributed by atoms with Crippen molar-refractivity contribution in [2.24, 2.45) is 0 Å². The van der Waals surface area contributed by atoms with E-state index >= 15 is 0 Å². The van der Waals surface area contributed by atoms with Gasteiger partial charge in [-0.25, -0.2) is 4.39 Å². The summed E-state index contributed by atoms with van der Waals surface area (Å²) in [4.78, 5) is 10.6. The van der Waals surface area contributed by atoms with Crippen molar-refractivity contribution in [2.75, 3.05) is 0 Å². The summed E-state index contributed by atoms with van der Waals surface area (Å²) in [5, 5.41) is 0. The molecule has 0 spiro atoms. The highest BCUT2D eigenvalue weighted by molar-refractivity contribution is 5.93. The summed E-state index contributed by atoms with van der Waals surface area (Å²) in [6.45, 7) is 2.18. The van der Waals surface area contributed by atoms with Crippen LogP contribution >= 0.6 is 0 Å². The number of benzene rings is 2. The van der Waals surface area contributed by atoms with Gasteiger partial charge in [0.05, 0.1) is 0 Å². The number of hydrogen-bond acceptors (Lipinski definition) is 2. The number of halogens is 1. The van der Waals surface area contributed by atoms with Crippen LogP contribution in [0.1, 0.15) is 22.8 Å². The first-order chi connectivity index (χ1) is 8.65. The molecule has 2 aliphatic heterocycles. The molecule has 0 atom stereocenters. The lowest BCUT2D eigenvalue weighted by Gasteiger charge is -2.11. The third-order valence-electron chi connectivity index (χ3n) is 2.56. The maximum atomic E-state index is 12.4. The Labute approximate surface area is 105 Å². The number of hydrogen-bond donors (Lipinski definition) is 0. The van der Waals surface area contributed by atoms with Crippen molar-refractivity contribution in [2.45, 2.75) is 13.5 Å². The van der Waals surface area contributed by atoms with E-state index in [9.17, 15) is 9.18 Å². The molecule has 0 radical (unpaired) electrons. The number of carbonyl (C=O) groups is 1. The average molecular weight is 244 g/mol. The average Bonchev–Trinajstić information content (AvgIpc) is 2.41. The summed E-state index contributed by atoms with van der Waals surface area (Å²) < 4.78 is 17.6. The van der Waals surface area contributed by atoms with Gasteiger partial charge in [0.25, 0.3) is 0 Å². The van der Waals surface area contributed by atoms with E-state index in [1.54, 1.807) is 6.07 Å². The zero-order valence-corrected chi connectivity index (χ0v) is 10.0. The van der Waals surface area contributed by atoms with Crippen molar-refractivity contribution < 1.29 is 13.9 Å². The van der Waals surface area contributed by atoms with Crippen LogP contribution in [0.25, 0.3) is 0 Å². The molecule has 0 fully saturated rings. The van der Waals surface area contributed by atoms with Crippen molar-refractivity contribution in [1.82, 2.24) is 0 Å². The Morgan fingerprint density at radius 3 is 2.17 bits per heavy atom. The van der Waals surface area contributed by atoms with E-state index in [0.29, 0.717) is 5.56 Å². The number of fused-ring (bicyclic) bond motifs is 3. The summed E-state index contributed by atoms with van der Waals surface area (Å²) in [6, 6.07) is 13.8. The van der Waals surface area contributed by atoms with E-state index in [0.717, 1.165) is 12.4 Å². The standard InChI is InChI=1S/C8H7FO.C7H6O/c1-6(10)7-3-2-4-8(9)5-7;1-3-7-4-2-6(1)5-8-7/h2-5H,1H3;1-4H,5H2. The van der Waals surface area contributed by atoms with Gasteiger partial charge in [-0.05, 0) is 36.8 Å². The van der Waals surface area contributed by atoms with Crippen molar-refractivity contribution in [3.05, 3.63) is 65.5 Å². The Balaban J connectivity index is 0.000000136. The van der Waals surface area contributed by atoms with Crippen LogP contribution in [0, 0.1) is 5.82 Å². The summed E-state index contributed by atoms with van der Waals surface area (Å²) in [5.74, 6) is 0.507. The van der Waals surface area contributed by atoms with E-state index < -0.39 is 0 Å². The van der Waals surface area contributed by atoms with Gasteiger partial charge in [0.15, 0.2) is 5.78 Å². The molecule has 0 N–H and O–H groups in total. The third-order valence-corrected chi connectivity index (χ3v) is 2.56. The predicted octanol–water partition coefficient (Wildman–Crippen LogP) is 3.61. The minimum atomic E-state index is -0.368. The van der Waals surface area contributed by atoms with Gasteiger partial charge in [0.1, 0.15) is 18.2 Å². The molecule has 0 saturated carbocycles. The van der Waals surface area contributed by atoms with Crippen LogP contribution in [-0.2, 0) is 6.61 Å². The van der Waals surface area contributed by atoms with Crippen LogP contribution in [-0.4, -0.2) is 5.78 Å². The summed E-state index contributed by atoms with van der Waals surface area (Å²) in [7, 11) is 0. The monoisotopic (exact) mass is 244 g/mol. The lowest BCUT2D eigenvalue weighted by atomic mass is 10.1. The Hall–Kier alpha value is -2.16. The Morgan fingerprint density at radius 1 is 1.17 bits per heavy atom. The molecule has 2 nitrogen and oxygen atoms in total. The molecule has 0 aromatic heterocycles. The van der Waals surface area contributed by atoms with Crippen LogP contribution in [0.4, 0.5) is 4.39 Å². The van der Waals surface area contributed by atoms with Gasteiger partial charge >= 0.3 is 0 Å². The summed E-state index contributed by atoms with van der Waals surface area (Å²) in [6.07, 6.45) is 0. The molecule has 2 aromatic carbocycles. The molecule has 0 amide bonds. The number of Topliss-reactive ketones (excluding diaryl/α,β-unsaturated/α-hetero) is 1. The SMILES string of the molecule is CC(=O)c1cccc(F)c1.c1cc2ccc1CO2. The molecule has 0 saturated heterocycles. The van der Waals surface area contributed by atoms with Gasteiger partial charge in [-0.3, -0.25) is 4.79 Å². The topological polar surface area (TPSA) is 26.3 Å². The molecular formula is C15H13FO2. The van der Waals surface area contributed by atoms with Gasteiger partial charge in [0.2, 0.25) is 0 Å². The lowest BCUT2D eigenvalue weighted by molar-refractivity contribution is 0.101.